The van der Waals surface area contributed by atoms with Crippen LogP contribution in [-0.2, 0) is 13.1 Å². The van der Waals surface area contributed by atoms with Gasteiger partial charge in [0.05, 0.1) is 18.8 Å². The van der Waals surface area contributed by atoms with E-state index in [9.17, 15) is 0 Å². The van der Waals surface area contributed by atoms with E-state index in [1.807, 2.05) is 18.2 Å². The number of benzene rings is 1. The Morgan fingerprint density at radius 1 is 1.15 bits per heavy atom. The van der Waals surface area contributed by atoms with Gasteiger partial charge in [-0.2, -0.15) is 4.98 Å². The van der Waals surface area contributed by atoms with Crippen LogP contribution in [0.2, 0.25) is 5.02 Å². The van der Waals surface area contributed by atoms with Crippen LogP contribution in [0.25, 0.3) is 11.4 Å². The number of hydrogen-bond acceptors (Lipinski definition) is 6. The second kappa shape index (κ2) is 8.68. The molecule has 0 aliphatic heterocycles. The summed E-state index contributed by atoms with van der Waals surface area (Å²) in [4.78, 5) is 8.52. The SMILES string of the molecule is CN=C(NCc1cc(C(C)C)no1)NCc1nc(-c2cccc(Cl)c2)no1. The molecule has 0 atom stereocenters. The second-order valence-electron chi connectivity index (χ2n) is 6.17. The van der Waals surface area contributed by atoms with Gasteiger partial charge in [0.2, 0.25) is 11.7 Å². The molecule has 0 unspecified atom stereocenters. The van der Waals surface area contributed by atoms with Crippen LogP contribution < -0.4 is 10.6 Å². The highest BCUT2D eigenvalue weighted by Gasteiger charge is 2.11. The summed E-state index contributed by atoms with van der Waals surface area (Å²) in [6, 6.07) is 9.22. The van der Waals surface area contributed by atoms with Crippen molar-refractivity contribution in [1.29, 1.82) is 0 Å². The van der Waals surface area contributed by atoms with Gasteiger partial charge >= 0.3 is 0 Å². The fraction of sp³-hybridized carbons (Fsp3) is 0.333. The number of rotatable bonds is 6. The summed E-state index contributed by atoms with van der Waals surface area (Å²) in [6.07, 6.45) is 0. The third kappa shape index (κ3) is 5.07. The van der Waals surface area contributed by atoms with Crippen LogP contribution in [0.4, 0.5) is 0 Å². The van der Waals surface area contributed by atoms with Crippen molar-refractivity contribution in [2.75, 3.05) is 7.05 Å². The molecule has 142 valence electrons. The normalized spacial score (nSPS) is 11.8. The number of halogens is 1. The molecule has 9 heteroatoms. The van der Waals surface area contributed by atoms with E-state index in [-0.39, 0.29) is 0 Å². The molecule has 0 spiro atoms. The molecule has 2 N–H and O–H groups in total. The predicted octanol–water partition coefficient (Wildman–Crippen LogP) is 3.37. The van der Waals surface area contributed by atoms with Gasteiger partial charge in [-0.15, -0.1) is 0 Å². The Hall–Kier alpha value is -2.87. The van der Waals surface area contributed by atoms with Crippen LogP contribution in [0.15, 0.2) is 44.4 Å². The van der Waals surface area contributed by atoms with E-state index < -0.39 is 0 Å². The summed E-state index contributed by atoms with van der Waals surface area (Å²) < 4.78 is 10.6. The minimum atomic E-state index is 0.325. The molecule has 0 bridgehead atoms. The number of hydrogen-bond donors (Lipinski definition) is 2. The van der Waals surface area contributed by atoms with Gasteiger partial charge in [-0.05, 0) is 18.1 Å². The lowest BCUT2D eigenvalue weighted by atomic mass is 10.1. The van der Waals surface area contributed by atoms with E-state index in [1.165, 1.54) is 0 Å². The van der Waals surface area contributed by atoms with Crippen LogP contribution in [0.1, 0.15) is 37.1 Å². The van der Waals surface area contributed by atoms with E-state index in [0.717, 1.165) is 17.0 Å². The molecule has 0 aliphatic rings. The number of nitrogens with one attached hydrogen (secondary N) is 2. The number of aromatic nitrogens is 3. The molecular formula is C18H21ClN6O2. The first-order valence-electron chi connectivity index (χ1n) is 8.53. The van der Waals surface area contributed by atoms with Gasteiger partial charge in [-0.3, -0.25) is 4.99 Å². The van der Waals surface area contributed by atoms with E-state index >= 15 is 0 Å². The van der Waals surface area contributed by atoms with Gasteiger partial charge in [0.1, 0.15) is 0 Å². The molecule has 0 saturated heterocycles. The smallest absolute Gasteiger partial charge is 0.246 e. The second-order valence-corrected chi connectivity index (χ2v) is 6.61. The third-order valence-electron chi connectivity index (χ3n) is 3.78. The molecule has 3 aromatic rings. The van der Waals surface area contributed by atoms with Gasteiger partial charge < -0.3 is 19.7 Å². The van der Waals surface area contributed by atoms with Gasteiger partial charge in [0, 0.05) is 23.7 Å². The van der Waals surface area contributed by atoms with Crippen LogP contribution in [0.3, 0.4) is 0 Å². The highest BCUT2D eigenvalue weighted by molar-refractivity contribution is 6.30. The van der Waals surface area contributed by atoms with E-state index in [2.05, 4.69) is 44.8 Å². The van der Waals surface area contributed by atoms with Crippen molar-refractivity contribution in [3.8, 4) is 11.4 Å². The zero-order valence-electron chi connectivity index (χ0n) is 15.4. The summed E-state index contributed by atoms with van der Waals surface area (Å²) in [5.41, 5.74) is 1.72. The Bertz CT molecular complexity index is 918. The fourth-order valence-corrected chi connectivity index (χ4v) is 2.50. The summed E-state index contributed by atoms with van der Waals surface area (Å²) >= 11 is 5.99. The van der Waals surface area contributed by atoms with Crippen molar-refractivity contribution < 1.29 is 9.05 Å². The zero-order valence-corrected chi connectivity index (χ0v) is 16.1. The van der Waals surface area contributed by atoms with Crippen molar-refractivity contribution in [2.45, 2.75) is 32.9 Å². The summed E-state index contributed by atoms with van der Waals surface area (Å²) in [6.45, 7) is 4.94. The molecule has 27 heavy (non-hydrogen) atoms. The number of guanidine groups is 1. The third-order valence-corrected chi connectivity index (χ3v) is 4.02. The first kappa shape index (κ1) is 18.9. The highest BCUT2D eigenvalue weighted by Crippen LogP contribution is 2.19. The first-order valence-corrected chi connectivity index (χ1v) is 8.91. The van der Waals surface area contributed by atoms with E-state index in [1.54, 1.807) is 19.2 Å². The van der Waals surface area contributed by atoms with Crippen molar-refractivity contribution in [3.63, 3.8) is 0 Å². The molecule has 0 radical (unpaired) electrons. The predicted molar refractivity (Wildman–Crippen MR) is 102 cm³/mol. The Morgan fingerprint density at radius 3 is 2.67 bits per heavy atom. The first-order chi connectivity index (χ1) is 13.0. The quantitative estimate of drug-likeness (QED) is 0.493. The maximum Gasteiger partial charge on any atom is 0.246 e. The van der Waals surface area contributed by atoms with Gasteiger partial charge in [-0.25, -0.2) is 0 Å². The maximum atomic E-state index is 5.99. The molecule has 8 nitrogen and oxygen atoms in total. The Kier molecular flexibility index (Phi) is 6.08. The van der Waals surface area contributed by atoms with Gasteiger partial charge in [-0.1, -0.05) is 47.9 Å². The topological polar surface area (TPSA) is 101 Å². The molecule has 0 aliphatic carbocycles. The fourth-order valence-electron chi connectivity index (χ4n) is 2.31. The van der Waals surface area contributed by atoms with E-state index in [0.29, 0.717) is 41.7 Å². The molecular weight excluding hydrogens is 368 g/mol. The van der Waals surface area contributed by atoms with Crippen LogP contribution in [0.5, 0.6) is 0 Å². The molecule has 0 amide bonds. The molecule has 0 fully saturated rings. The zero-order chi connectivity index (χ0) is 19.2. The Labute approximate surface area is 162 Å². The van der Waals surface area contributed by atoms with Crippen molar-refractivity contribution in [2.24, 2.45) is 4.99 Å². The standard InChI is InChI=1S/C18H21ClN6O2/c1-11(2)15-8-14(26-24-15)9-21-18(20-3)22-10-16-23-17(25-27-16)12-5-4-6-13(19)7-12/h4-8,11H,9-10H2,1-3H3,(H2,20,21,22). The van der Waals surface area contributed by atoms with Crippen LogP contribution in [-0.4, -0.2) is 28.3 Å². The average Bonchev–Trinajstić information content (AvgIpc) is 3.31. The Morgan fingerprint density at radius 2 is 1.96 bits per heavy atom. The average molecular weight is 389 g/mol. The Balaban J connectivity index is 1.53. The largest absolute Gasteiger partial charge is 0.359 e. The van der Waals surface area contributed by atoms with Crippen molar-refractivity contribution >= 4 is 17.6 Å². The molecule has 2 aromatic heterocycles. The highest BCUT2D eigenvalue weighted by atomic mass is 35.5. The molecule has 1 aromatic carbocycles. The lowest BCUT2D eigenvalue weighted by molar-refractivity contribution is 0.369. The molecule has 3 rings (SSSR count). The number of aliphatic imine (C=N–C) groups is 1. The minimum Gasteiger partial charge on any atom is -0.359 e. The molecule has 0 saturated carbocycles. The molecule has 2 heterocycles. The summed E-state index contributed by atoms with van der Waals surface area (Å²) in [5, 5.41) is 14.9. The lowest BCUT2D eigenvalue weighted by Gasteiger charge is -2.08. The summed E-state index contributed by atoms with van der Waals surface area (Å²) in [7, 11) is 1.68. The lowest BCUT2D eigenvalue weighted by Crippen LogP contribution is -2.36. The van der Waals surface area contributed by atoms with E-state index in [4.69, 9.17) is 20.6 Å². The van der Waals surface area contributed by atoms with Crippen LogP contribution >= 0.6 is 11.6 Å². The van der Waals surface area contributed by atoms with Crippen molar-refractivity contribution in [1.82, 2.24) is 25.9 Å². The van der Waals surface area contributed by atoms with Gasteiger partial charge in [0.25, 0.3) is 0 Å². The van der Waals surface area contributed by atoms with Crippen LogP contribution in [0, 0.1) is 0 Å². The maximum absolute atomic E-state index is 5.99. The number of nitrogens with zero attached hydrogens (tertiary/aromatic N) is 4. The monoisotopic (exact) mass is 388 g/mol. The van der Waals surface area contributed by atoms with Crippen molar-refractivity contribution in [3.05, 3.63) is 52.7 Å². The summed E-state index contributed by atoms with van der Waals surface area (Å²) in [5.74, 6) is 2.57. The minimum absolute atomic E-state index is 0.325. The van der Waals surface area contributed by atoms with Gasteiger partial charge in [0.15, 0.2) is 11.7 Å².